The van der Waals surface area contributed by atoms with Crippen LogP contribution in [0, 0.1) is 0 Å². The fraction of sp³-hybridized carbons (Fsp3) is 0.217. The van der Waals surface area contributed by atoms with Gasteiger partial charge in [-0.25, -0.2) is 4.79 Å². The number of ether oxygens (including phenoxy) is 2. The zero-order valence-corrected chi connectivity index (χ0v) is 16.1. The predicted octanol–water partition coefficient (Wildman–Crippen LogP) is 3.73. The van der Waals surface area contributed by atoms with Gasteiger partial charge in [-0.05, 0) is 34.9 Å². The number of nitrogens with one attached hydrogen (secondary N) is 1. The van der Waals surface area contributed by atoms with Crippen molar-refractivity contribution in [3.63, 3.8) is 0 Å². The molecular weight excluding hydrogens is 354 g/mol. The fourth-order valence-corrected chi connectivity index (χ4v) is 3.14. The molecule has 0 bridgehead atoms. The second kappa shape index (κ2) is 8.23. The first-order chi connectivity index (χ1) is 13.5. The molecule has 0 fully saturated rings. The van der Waals surface area contributed by atoms with Crippen molar-refractivity contribution >= 4 is 22.6 Å². The zero-order valence-electron chi connectivity index (χ0n) is 16.1. The summed E-state index contributed by atoms with van der Waals surface area (Å²) in [6.45, 7) is 1.69. The van der Waals surface area contributed by atoms with Crippen LogP contribution in [0.1, 0.15) is 24.1 Å². The maximum absolute atomic E-state index is 13.2. The van der Waals surface area contributed by atoms with Crippen LogP contribution in [0.25, 0.3) is 10.8 Å². The molecule has 0 spiro atoms. The smallest absolute Gasteiger partial charge is 0.333 e. The topological polar surface area (TPSA) is 64.6 Å². The summed E-state index contributed by atoms with van der Waals surface area (Å²) in [7, 11) is 2.77. The van der Waals surface area contributed by atoms with Crippen LogP contribution in [0.15, 0.2) is 72.8 Å². The number of hydrogen-bond donors (Lipinski definition) is 1. The lowest BCUT2D eigenvalue weighted by Crippen LogP contribution is -2.47. The summed E-state index contributed by atoms with van der Waals surface area (Å²) in [6.07, 6.45) is 0. The van der Waals surface area contributed by atoms with Crippen LogP contribution in [0.4, 0.5) is 0 Å². The van der Waals surface area contributed by atoms with Gasteiger partial charge in [-0.3, -0.25) is 4.79 Å². The Kier molecular flexibility index (Phi) is 5.76. The third-order valence-corrected chi connectivity index (χ3v) is 4.99. The molecule has 0 aliphatic rings. The van der Waals surface area contributed by atoms with Gasteiger partial charge in [-0.1, -0.05) is 66.7 Å². The first-order valence-electron chi connectivity index (χ1n) is 8.98. The molecule has 28 heavy (non-hydrogen) atoms. The SMILES string of the molecule is COC(=O)[C@H](NC(=O)[C@@](C)(OC)c1ccc2ccccc2c1)c1ccccc1. The summed E-state index contributed by atoms with van der Waals surface area (Å²) >= 11 is 0. The highest BCUT2D eigenvalue weighted by Gasteiger charge is 2.38. The number of methoxy groups -OCH3 is 2. The molecule has 1 amide bonds. The van der Waals surface area contributed by atoms with Gasteiger partial charge in [-0.15, -0.1) is 0 Å². The van der Waals surface area contributed by atoms with Crippen LogP contribution >= 0.6 is 0 Å². The Morgan fingerprint density at radius 3 is 2.18 bits per heavy atom. The van der Waals surface area contributed by atoms with E-state index in [0.29, 0.717) is 11.1 Å². The van der Waals surface area contributed by atoms with Crippen molar-refractivity contribution in [1.82, 2.24) is 5.32 Å². The van der Waals surface area contributed by atoms with Crippen LogP contribution in [-0.2, 0) is 24.7 Å². The van der Waals surface area contributed by atoms with Crippen molar-refractivity contribution in [3.8, 4) is 0 Å². The van der Waals surface area contributed by atoms with Gasteiger partial charge in [0.1, 0.15) is 0 Å². The van der Waals surface area contributed by atoms with Crippen molar-refractivity contribution in [1.29, 1.82) is 0 Å². The first-order valence-corrected chi connectivity index (χ1v) is 8.98. The van der Waals surface area contributed by atoms with E-state index in [1.807, 2.05) is 48.5 Å². The van der Waals surface area contributed by atoms with E-state index in [0.717, 1.165) is 10.8 Å². The van der Waals surface area contributed by atoms with E-state index in [4.69, 9.17) is 9.47 Å². The second-order valence-corrected chi connectivity index (χ2v) is 6.64. The molecule has 1 N–H and O–H groups in total. The lowest BCUT2D eigenvalue weighted by molar-refractivity contribution is -0.151. The molecular formula is C23H23NO4. The maximum atomic E-state index is 13.2. The third kappa shape index (κ3) is 3.75. The van der Waals surface area contributed by atoms with Crippen molar-refractivity contribution in [2.45, 2.75) is 18.6 Å². The Labute approximate surface area is 164 Å². The molecule has 0 unspecified atom stereocenters. The van der Waals surface area contributed by atoms with E-state index in [9.17, 15) is 9.59 Å². The summed E-state index contributed by atoms with van der Waals surface area (Å²) in [5.41, 5.74) is 0.0630. The Bertz CT molecular complexity index is 986. The van der Waals surface area contributed by atoms with E-state index in [1.54, 1.807) is 31.2 Å². The van der Waals surface area contributed by atoms with Crippen molar-refractivity contribution < 1.29 is 19.1 Å². The number of benzene rings is 3. The lowest BCUT2D eigenvalue weighted by Gasteiger charge is -2.29. The quantitative estimate of drug-likeness (QED) is 0.665. The van der Waals surface area contributed by atoms with E-state index in [-0.39, 0.29) is 0 Å². The summed E-state index contributed by atoms with van der Waals surface area (Å²) < 4.78 is 10.5. The van der Waals surface area contributed by atoms with E-state index in [2.05, 4.69) is 5.32 Å². The van der Waals surface area contributed by atoms with Crippen LogP contribution < -0.4 is 5.32 Å². The summed E-state index contributed by atoms with van der Waals surface area (Å²) in [4.78, 5) is 25.5. The molecule has 5 heteroatoms. The first kappa shape index (κ1) is 19.6. The minimum absolute atomic E-state index is 0.426. The van der Waals surface area contributed by atoms with E-state index >= 15 is 0 Å². The minimum atomic E-state index is -1.27. The highest BCUT2D eigenvalue weighted by atomic mass is 16.5. The molecule has 0 aliphatic carbocycles. The van der Waals surface area contributed by atoms with Crippen molar-refractivity contribution in [2.24, 2.45) is 0 Å². The van der Waals surface area contributed by atoms with Crippen molar-refractivity contribution in [3.05, 3.63) is 83.9 Å². The predicted molar refractivity (Wildman–Crippen MR) is 108 cm³/mol. The number of fused-ring (bicyclic) bond motifs is 1. The fourth-order valence-electron chi connectivity index (χ4n) is 3.14. The van der Waals surface area contributed by atoms with Crippen LogP contribution in [0.2, 0.25) is 0 Å². The van der Waals surface area contributed by atoms with Crippen LogP contribution in [0.3, 0.4) is 0 Å². The monoisotopic (exact) mass is 377 g/mol. The second-order valence-electron chi connectivity index (χ2n) is 6.64. The Morgan fingerprint density at radius 1 is 0.893 bits per heavy atom. The molecule has 0 radical (unpaired) electrons. The molecule has 0 saturated carbocycles. The molecule has 0 aliphatic heterocycles. The van der Waals surface area contributed by atoms with Gasteiger partial charge in [0.15, 0.2) is 11.6 Å². The third-order valence-electron chi connectivity index (χ3n) is 4.99. The Morgan fingerprint density at radius 2 is 1.54 bits per heavy atom. The number of rotatable bonds is 6. The molecule has 0 aromatic heterocycles. The summed E-state index contributed by atoms with van der Waals surface area (Å²) in [5.74, 6) is -0.971. The largest absolute Gasteiger partial charge is 0.467 e. The molecule has 5 nitrogen and oxygen atoms in total. The highest BCUT2D eigenvalue weighted by Crippen LogP contribution is 2.29. The molecule has 3 aromatic carbocycles. The average Bonchev–Trinajstić information content (AvgIpc) is 2.76. The summed E-state index contributed by atoms with van der Waals surface area (Å²) in [5, 5.41) is 4.86. The maximum Gasteiger partial charge on any atom is 0.333 e. The number of amides is 1. The van der Waals surface area contributed by atoms with Gasteiger partial charge in [0.2, 0.25) is 0 Å². The zero-order chi connectivity index (χ0) is 20.1. The highest BCUT2D eigenvalue weighted by molar-refractivity contribution is 5.92. The number of carbonyl (C=O) groups is 2. The normalized spacial score (nSPS) is 14.1. The minimum Gasteiger partial charge on any atom is -0.467 e. The van der Waals surface area contributed by atoms with Gasteiger partial charge in [0, 0.05) is 7.11 Å². The molecule has 3 aromatic rings. The number of esters is 1. The van der Waals surface area contributed by atoms with Crippen LogP contribution in [-0.4, -0.2) is 26.1 Å². The average molecular weight is 377 g/mol. The van der Waals surface area contributed by atoms with Gasteiger partial charge in [-0.2, -0.15) is 0 Å². The number of carbonyl (C=O) groups excluding carboxylic acids is 2. The standard InChI is InChI=1S/C23H23NO4/c1-23(28-3,19-14-13-16-9-7-8-12-18(16)15-19)22(26)24-20(21(25)27-2)17-10-5-4-6-11-17/h4-15,20H,1-3H3,(H,24,26)/t20-,23+/m1/s1. The van der Waals surface area contributed by atoms with Crippen LogP contribution in [0.5, 0.6) is 0 Å². The Balaban J connectivity index is 1.95. The summed E-state index contributed by atoms with van der Waals surface area (Å²) in [6, 6.07) is 21.7. The Hall–Kier alpha value is -3.18. The van der Waals surface area contributed by atoms with Gasteiger partial charge in [0.25, 0.3) is 5.91 Å². The van der Waals surface area contributed by atoms with Gasteiger partial charge >= 0.3 is 5.97 Å². The lowest BCUT2D eigenvalue weighted by atomic mass is 9.91. The molecule has 0 heterocycles. The molecule has 0 saturated heterocycles. The van der Waals surface area contributed by atoms with Gasteiger partial charge < -0.3 is 14.8 Å². The van der Waals surface area contributed by atoms with E-state index in [1.165, 1.54) is 14.2 Å². The molecule has 144 valence electrons. The molecule has 2 atom stereocenters. The number of hydrogen-bond acceptors (Lipinski definition) is 4. The van der Waals surface area contributed by atoms with Crippen molar-refractivity contribution in [2.75, 3.05) is 14.2 Å². The van der Waals surface area contributed by atoms with Gasteiger partial charge in [0.05, 0.1) is 7.11 Å². The molecule has 3 rings (SSSR count). The van der Waals surface area contributed by atoms with E-state index < -0.39 is 23.5 Å².